The maximum absolute atomic E-state index is 12.2. The maximum atomic E-state index is 12.2. The minimum atomic E-state index is -3.53. The van der Waals surface area contributed by atoms with Crippen LogP contribution in [0.4, 0.5) is 5.82 Å². The van der Waals surface area contributed by atoms with E-state index in [1.54, 1.807) is 14.1 Å². The minimum Gasteiger partial charge on any atom is -0.381 e. The Morgan fingerprint density at radius 2 is 2.12 bits per heavy atom. The van der Waals surface area contributed by atoms with E-state index in [1.807, 2.05) is 0 Å². The van der Waals surface area contributed by atoms with Crippen LogP contribution in [-0.4, -0.2) is 35.9 Å². The van der Waals surface area contributed by atoms with Gasteiger partial charge in [0.2, 0.25) is 0 Å². The van der Waals surface area contributed by atoms with Crippen molar-refractivity contribution in [2.75, 3.05) is 19.3 Å². The van der Waals surface area contributed by atoms with Gasteiger partial charge in [0.25, 0.3) is 10.0 Å². The highest BCUT2D eigenvalue weighted by atomic mass is 32.2. The molecule has 6 nitrogen and oxygen atoms in total. The molecule has 2 N–H and O–H groups in total. The van der Waals surface area contributed by atoms with Crippen molar-refractivity contribution in [3.8, 4) is 0 Å². The Labute approximate surface area is 102 Å². The summed E-state index contributed by atoms with van der Waals surface area (Å²) in [5, 5.41) is 0.0662. The van der Waals surface area contributed by atoms with E-state index in [2.05, 4.69) is 11.9 Å². The summed E-state index contributed by atoms with van der Waals surface area (Å²) in [6.45, 7) is 2.58. The van der Waals surface area contributed by atoms with Crippen LogP contribution in [0.25, 0.3) is 0 Å². The molecule has 7 heteroatoms. The molecule has 0 bridgehead atoms. The van der Waals surface area contributed by atoms with Crippen LogP contribution in [0.1, 0.15) is 26.2 Å². The number of aryl methyl sites for hydroxylation is 1. The van der Waals surface area contributed by atoms with Crippen LogP contribution >= 0.6 is 0 Å². The molecule has 0 fully saturated rings. The second-order valence-electron chi connectivity index (χ2n) is 4.08. The highest BCUT2D eigenvalue weighted by Gasteiger charge is 2.26. The van der Waals surface area contributed by atoms with Gasteiger partial charge in [-0.15, -0.1) is 0 Å². The van der Waals surface area contributed by atoms with Crippen LogP contribution in [0.5, 0.6) is 0 Å². The van der Waals surface area contributed by atoms with E-state index in [4.69, 9.17) is 5.73 Å². The third kappa shape index (κ3) is 2.98. The first kappa shape index (κ1) is 14.0. The second-order valence-corrected chi connectivity index (χ2v) is 6.04. The fourth-order valence-corrected chi connectivity index (χ4v) is 3.00. The zero-order valence-electron chi connectivity index (χ0n) is 10.5. The predicted octanol–water partition coefficient (Wildman–Crippen LogP) is 0.813. The van der Waals surface area contributed by atoms with Gasteiger partial charge in [-0.2, -0.15) is 4.31 Å². The lowest BCUT2D eigenvalue weighted by atomic mass is 10.2. The summed E-state index contributed by atoms with van der Waals surface area (Å²) in [4.78, 5) is 3.80. The highest BCUT2D eigenvalue weighted by molar-refractivity contribution is 7.89. The van der Waals surface area contributed by atoms with Gasteiger partial charge >= 0.3 is 0 Å². The van der Waals surface area contributed by atoms with Gasteiger partial charge in [-0.05, 0) is 6.42 Å². The minimum absolute atomic E-state index is 0.0508. The molecule has 1 aromatic rings. The summed E-state index contributed by atoms with van der Waals surface area (Å²) >= 11 is 0. The largest absolute Gasteiger partial charge is 0.381 e. The molecule has 0 saturated heterocycles. The molecule has 98 valence electrons. The standard InChI is InChI=1S/C10H20N4O2S/c1-4-5-6-7-14(3)17(15,16)10-9(11)12-8-13(10)2/h8H,4-7,11H2,1-3H3. The first-order valence-corrected chi connectivity index (χ1v) is 7.08. The molecule has 1 heterocycles. The summed E-state index contributed by atoms with van der Waals surface area (Å²) in [6.07, 6.45) is 4.33. The fourth-order valence-electron chi connectivity index (χ4n) is 1.60. The second kappa shape index (κ2) is 5.50. The van der Waals surface area contributed by atoms with E-state index >= 15 is 0 Å². The number of hydrogen-bond donors (Lipinski definition) is 1. The first-order chi connectivity index (χ1) is 7.91. The number of imidazole rings is 1. The number of nitrogens with two attached hydrogens (primary N) is 1. The third-order valence-corrected chi connectivity index (χ3v) is 4.63. The summed E-state index contributed by atoms with van der Waals surface area (Å²) in [6, 6.07) is 0. The third-order valence-electron chi connectivity index (χ3n) is 2.64. The average molecular weight is 260 g/mol. The molecule has 0 aliphatic rings. The Morgan fingerprint density at radius 1 is 1.47 bits per heavy atom. The van der Waals surface area contributed by atoms with E-state index in [0.717, 1.165) is 19.3 Å². The Kier molecular flexibility index (Phi) is 4.53. The van der Waals surface area contributed by atoms with Crippen LogP contribution in [0.3, 0.4) is 0 Å². The van der Waals surface area contributed by atoms with Gasteiger partial charge in [-0.25, -0.2) is 13.4 Å². The lowest BCUT2D eigenvalue weighted by molar-refractivity contribution is 0.449. The number of aromatic nitrogens is 2. The molecule has 0 unspecified atom stereocenters. The topological polar surface area (TPSA) is 81.2 Å². The average Bonchev–Trinajstić information content (AvgIpc) is 2.59. The molecule has 0 amide bonds. The van der Waals surface area contributed by atoms with Crippen molar-refractivity contribution in [2.24, 2.45) is 7.05 Å². The number of unbranched alkanes of at least 4 members (excludes halogenated alkanes) is 2. The van der Waals surface area contributed by atoms with Crippen LogP contribution in [0.15, 0.2) is 11.4 Å². The van der Waals surface area contributed by atoms with E-state index < -0.39 is 10.0 Å². The van der Waals surface area contributed by atoms with Crippen molar-refractivity contribution >= 4 is 15.8 Å². The van der Waals surface area contributed by atoms with Gasteiger partial charge in [0.05, 0.1) is 6.33 Å². The van der Waals surface area contributed by atoms with Crippen molar-refractivity contribution in [3.63, 3.8) is 0 Å². The van der Waals surface area contributed by atoms with Gasteiger partial charge in [-0.1, -0.05) is 19.8 Å². The van der Waals surface area contributed by atoms with Gasteiger partial charge in [0.1, 0.15) is 0 Å². The zero-order chi connectivity index (χ0) is 13.1. The number of sulfonamides is 1. The van der Waals surface area contributed by atoms with E-state index in [-0.39, 0.29) is 10.8 Å². The van der Waals surface area contributed by atoms with Crippen LogP contribution in [0, 0.1) is 0 Å². The molecule has 0 aliphatic heterocycles. The number of nitrogens with zero attached hydrogens (tertiary/aromatic N) is 3. The maximum Gasteiger partial charge on any atom is 0.262 e. The van der Waals surface area contributed by atoms with Crippen LogP contribution < -0.4 is 5.73 Å². The summed E-state index contributed by atoms with van der Waals surface area (Å²) in [5.74, 6) is 0.0508. The monoisotopic (exact) mass is 260 g/mol. The molecule has 17 heavy (non-hydrogen) atoms. The van der Waals surface area contributed by atoms with Crippen molar-refractivity contribution in [1.29, 1.82) is 0 Å². The SMILES string of the molecule is CCCCCN(C)S(=O)(=O)c1c(N)ncn1C. The number of hydrogen-bond acceptors (Lipinski definition) is 4. The summed E-state index contributed by atoms with van der Waals surface area (Å²) in [5.41, 5.74) is 5.58. The smallest absolute Gasteiger partial charge is 0.262 e. The van der Waals surface area contributed by atoms with Crippen molar-refractivity contribution in [3.05, 3.63) is 6.33 Å². The van der Waals surface area contributed by atoms with Gasteiger partial charge < -0.3 is 10.3 Å². The van der Waals surface area contributed by atoms with Gasteiger partial charge in [0, 0.05) is 20.6 Å². The number of nitrogen functional groups attached to an aromatic ring is 1. The molecule has 0 saturated carbocycles. The summed E-state index contributed by atoms with van der Waals surface area (Å²) < 4.78 is 27.2. The molecular weight excluding hydrogens is 240 g/mol. The number of anilines is 1. The molecule has 0 atom stereocenters. The van der Waals surface area contributed by atoms with Crippen molar-refractivity contribution in [1.82, 2.24) is 13.9 Å². The Morgan fingerprint density at radius 3 is 2.59 bits per heavy atom. The molecule has 0 aromatic carbocycles. The normalized spacial score (nSPS) is 12.2. The molecule has 0 aliphatic carbocycles. The van der Waals surface area contributed by atoms with E-state index in [0.29, 0.717) is 6.54 Å². The zero-order valence-corrected chi connectivity index (χ0v) is 11.4. The number of rotatable bonds is 6. The molecule has 1 aromatic heterocycles. The molecule has 0 radical (unpaired) electrons. The molecule has 1 rings (SSSR count). The fraction of sp³-hybridized carbons (Fsp3) is 0.700. The Hall–Kier alpha value is -1.08. The quantitative estimate of drug-likeness (QED) is 0.768. The van der Waals surface area contributed by atoms with Crippen molar-refractivity contribution in [2.45, 2.75) is 31.2 Å². The van der Waals surface area contributed by atoms with Crippen LogP contribution in [-0.2, 0) is 17.1 Å². The molecular formula is C10H20N4O2S. The van der Waals surface area contributed by atoms with Crippen LogP contribution in [0.2, 0.25) is 0 Å². The van der Waals surface area contributed by atoms with Gasteiger partial charge in [0.15, 0.2) is 10.8 Å². The van der Waals surface area contributed by atoms with E-state index in [9.17, 15) is 8.42 Å². The lowest BCUT2D eigenvalue weighted by Gasteiger charge is -2.17. The summed E-state index contributed by atoms with van der Waals surface area (Å²) in [7, 11) is -0.341. The Bertz CT molecular complexity index is 447. The first-order valence-electron chi connectivity index (χ1n) is 5.64. The van der Waals surface area contributed by atoms with Gasteiger partial charge in [-0.3, -0.25) is 0 Å². The van der Waals surface area contributed by atoms with E-state index in [1.165, 1.54) is 15.2 Å². The molecule has 0 spiro atoms. The van der Waals surface area contributed by atoms with Crippen molar-refractivity contribution < 1.29 is 8.42 Å². The highest BCUT2D eigenvalue weighted by Crippen LogP contribution is 2.19. The Balaban J connectivity index is 2.88. The predicted molar refractivity (Wildman–Crippen MR) is 67.0 cm³/mol. The lowest BCUT2D eigenvalue weighted by Crippen LogP contribution is -2.30.